The first-order valence-electron chi connectivity index (χ1n) is 13.2. The van der Waals surface area contributed by atoms with E-state index in [0.29, 0.717) is 59.1 Å². The number of carbonyl (C=O) groups excluding carboxylic acids is 2. The molecule has 0 fully saturated rings. The Kier molecular flexibility index (Phi) is 10.1. The van der Waals surface area contributed by atoms with Crippen molar-refractivity contribution in [3.05, 3.63) is 76.0 Å². The Bertz CT molecular complexity index is 1740. The predicted molar refractivity (Wildman–Crippen MR) is 166 cm³/mol. The number of nitrogens with zero attached hydrogens (tertiary/aromatic N) is 2. The van der Waals surface area contributed by atoms with Crippen molar-refractivity contribution in [3.8, 4) is 23.0 Å². The third kappa shape index (κ3) is 6.24. The number of ether oxygens (including phenoxy) is 5. The van der Waals surface area contributed by atoms with E-state index in [-0.39, 0.29) is 17.7 Å². The minimum absolute atomic E-state index is 0.165. The van der Waals surface area contributed by atoms with Crippen molar-refractivity contribution in [1.82, 2.24) is 4.57 Å². The van der Waals surface area contributed by atoms with E-state index in [1.54, 1.807) is 50.4 Å². The normalized spacial score (nSPS) is 14.6. The van der Waals surface area contributed by atoms with Gasteiger partial charge in [-0.25, -0.2) is 9.79 Å². The zero-order valence-corrected chi connectivity index (χ0v) is 27.1. The van der Waals surface area contributed by atoms with E-state index in [2.05, 4.69) is 22.6 Å². The number of thiazole rings is 1. The molecule has 2 heterocycles. The lowest BCUT2D eigenvalue weighted by atomic mass is 9.93. The van der Waals surface area contributed by atoms with Gasteiger partial charge in [0.15, 0.2) is 16.3 Å². The molecule has 10 nitrogen and oxygen atoms in total. The number of fused-ring (bicyclic) bond motifs is 1. The van der Waals surface area contributed by atoms with Gasteiger partial charge in [-0.3, -0.25) is 14.2 Å². The second kappa shape index (κ2) is 13.6. The minimum Gasteiger partial charge on any atom is -0.497 e. The summed E-state index contributed by atoms with van der Waals surface area (Å²) in [5.41, 5.74) is 1.72. The highest BCUT2D eigenvalue weighted by Gasteiger charge is 2.36. The topological polar surface area (TPSA) is 115 Å². The maximum atomic E-state index is 14.1. The molecule has 0 aliphatic carbocycles. The van der Waals surface area contributed by atoms with Crippen molar-refractivity contribution >= 4 is 51.9 Å². The molecule has 1 atom stereocenters. The molecule has 1 aromatic heterocycles. The van der Waals surface area contributed by atoms with E-state index in [1.807, 2.05) is 6.92 Å². The maximum Gasteiger partial charge on any atom is 0.338 e. The average molecular weight is 707 g/mol. The highest BCUT2D eigenvalue weighted by atomic mass is 127. The molecule has 0 saturated heterocycles. The van der Waals surface area contributed by atoms with E-state index in [1.165, 1.54) is 37.0 Å². The number of benzene rings is 2. The Morgan fingerprint density at radius 1 is 1.07 bits per heavy atom. The van der Waals surface area contributed by atoms with E-state index in [4.69, 9.17) is 28.7 Å². The van der Waals surface area contributed by atoms with Crippen LogP contribution in [0.3, 0.4) is 0 Å². The van der Waals surface area contributed by atoms with Gasteiger partial charge in [0.2, 0.25) is 0 Å². The standard InChI is InChI=1S/C30H31IN2O8S/c1-7-9-21-25(29(36)40-8-2)26(19-15-18(37-4)10-11-22(19)38-5)33-28(35)24(42-30(33)32-21)14-17-12-20(31)27(41-16(3)34)23(13-17)39-6/h10-15,26H,7-9H2,1-6H3/b24-14-/t26-/m1/s1. The molecule has 4 rings (SSSR count). The van der Waals surface area contributed by atoms with E-state index >= 15 is 0 Å². The molecular formula is C30H31IN2O8S. The monoisotopic (exact) mass is 706 g/mol. The summed E-state index contributed by atoms with van der Waals surface area (Å²) >= 11 is 3.26. The van der Waals surface area contributed by atoms with E-state index < -0.39 is 18.0 Å². The van der Waals surface area contributed by atoms with Gasteiger partial charge in [-0.15, -0.1) is 0 Å². The van der Waals surface area contributed by atoms with Gasteiger partial charge < -0.3 is 23.7 Å². The number of hydrogen-bond acceptors (Lipinski definition) is 10. The number of esters is 2. The van der Waals surface area contributed by atoms with Gasteiger partial charge in [0, 0.05) is 12.5 Å². The first kappa shape index (κ1) is 31.3. The summed E-state index contributed by atoms with van der Waals surface area (Å²) in [7, 11) is 4.55. The largest absolute Gasteiger partial charge is 0.497 e. The molecule has 12 heteroatoms. The van der Waals surface area contributed by atoms with Crippen LogP contribution in [-0.4, -0.2) is 44.4 Å². The maximum absolute atomic E-state index is 14.1. The molecule has 0 radical (unpaired) electrons. The lowest BCUT2D eigenvalue weighted by molar-refractivity contribution is -0.139. The van der Waals surface area contributed by atoms with E-state index in [9.17, 15) is 14.4 Å². The molecule has 0 saturated carbocycles. The van der Waals surface area contributed by atoms with Crippen LogP contribution >= 0.6 is 33.9 Å². The van der Waals surface area contributed by atoms with Gasteiger partial charge in [-0.1, -0.05) is 24.7 Å². The fourth-order valence-corrected chi connectivity index (χ4v) is 6.44. The number of methoxy groups -OCH3 is 3. The van der Waals surface area contributed by atoms with Crippen LogP contribution in [0.5, 0.6) is 23.0 Å². The molecule has 0 bridgehead atoms. The van der Waals surface area contributed by atoms with Gasteiger partial charge >= 0.3 is 11.9 Å². The van der Waals surface area contributed by atoms with Crippen molar-refractivity contribution in [3.63, 3.8) is 0 Å². The van der Waals surface area contributed by atoms with Crippen LogP contribution in [0.1, 0.15) is 50.8 Å². The third-order valence-corrected chi connectivity index (χ3v) is 8.20. The van der Waals surface area contributed by atoms with Crippen molar-refractivity contribution in [2.24, 2.45) is 4.99 Å². The van der Waals surface area contributed by atoms with Crippen LogP contribution in [-0.2, 0) is 14.3 Å². The summed E-state index contributed by atoms with van der Waals surface area (Å²) in [5, 5.41) is 0. The molecule has 2 aromatic carbocycles. The summed E-state index contributed by atoms with van der Waals surface area (Å²) in [4.78, 5) is 44.4. The first-order chi connectivity index (χ1) is 20.2. The summed E-state index contributed by atoms with van der Waals surface area (Å²) in [6.07, 6.45) is 2.96. The molecule has 222 valence electrons. The molecule has 0 amide bonds. The molecule has 42 heavy (non-hydrogen) atoms. The van der Waals surface area contributed by atoms with Crippen molar-refractivity contribution in [1.29, 1.82) is 0 Å². The number of carbonyl (C=O) groups is 2. The van der Waals surface area contributed by atoms with Crippen LogP contribution in [0.25, 0.3) is 6.08 Å². The molecule has 1 aliphatic rings. The summed E-state index contributed by atoms with van der Waals surface area (Å²) in [6, 6.07) is 7.86. The highest BCUT2D eigenvalue weighted by Crippen LogP contribution is 2.39. The lowest BCUT2D eigenvalue weighted by Gasteiger charge is -2.27. The Morgan fingerprint density at radius 3 is 2.43 bits per heavy atom. The number of rotatable bonds is 10. The van der Waals surface area contributed by atoms with Gasteiger partial charge in [0.1, 0.15) is 17.5 Å². The molecular weight excluding hydrogens is 675 g/mol. The lowest BCUT2D eigenvalue weighted by Crippen LogP contribution is -2.40. The minimum atomic E-state index is -0.866. The smallest absolute Gasteiger partial charge is 0.338 e. The van der Waals surface area contributed by atoms with Crippen molar-refractivity contribution in [2.45, 2.75) is 39.7 Å². The molecule has 1 aliphatic heterocycles. The first-order valence-corrected chi connectivity index (χ1v) is 15.1. The van der Waals surface area contributed by atoms with Crippen LogP contribution in [0.15, 0.2) is 51.4 Å². The molecule has 0 unspecified atom stereocenters. The second-order valence-corrected chi connectivity index (χ2v) is 11.3. The quantitative estimate of drug-likeness (QED) is 0.176. The Morgan fingerprint density at radius 2 is 1.81 bits per heavy atom. The molecule has 0 spiro atoms. The average Bonchev–Trinajstić information content (AvgIpc) is 3.27. The SMILES string of the molecule is CCCC1=C(C(=O)OCC)[C@@H](c2cc(OC)ccc2OC)n2c(s/c(=C\c3cc(I)c(OC(C)=O)c(OC)c3)c2=O)=N1. The Hall–Kier alpha value is -3.65. The predicted octanol–water partition coefficient (Wildman–Crippen LogP) is 4.13. The number of hydrogen-bond donors (Lipinski definition) is 0. The van der Waals surface area contributed by atoms with Gasteiger partial charge in [-0.05, 0) is 77.9 Å². The fraction of sp³-hybridized carbons (Fsp3) is 0.333. The second-order valence-electron chi connectivity index (χ2n) is 9.15. The Labute approximate surface area is 260 Å². The third-order valence-electron chi connectivity index (χ3n) is 6.42. The van der Waals surface area contributed by atoms with Gasteiger partial charge in [-0.2, -0.15) is 0 Å². The van der Waals surface area contributed by atoms with Crippen molar-refractivity contribution < 1.29 is 33.3 Å². The Balaban J connectivity index is 2.02. The van der Waals surface area contributed by atoms with Gasteiger partial charge in [0.25, 0.3) is 5.56 Å². The van der Waals surface area contributed by atoms with Gasteiger partial charge in [0.05, 0.1) is 47.3 Å². The number of allylic oxidation sites excluding steroid dienone is 1. The van der Waals surface area contributed by atoms with Crippen LogP contribution in [0.2, 0.25) is 0 Å². The van der Waals surface area contributed by atoms with E-state index in [0.717, 1.165) is 6.42 Å². The zero-order chi connectivity index (χ0) is 30.6. The van der Waals surface area contributed by atoms with Crippen LogP contribution < -0.4 is 33.8 Å². The number of halogens is 1. The van der Waals surface area contributed by atoms with Crippen LogP contribution in [0, 0.1) is 3.57 Å². The van der Waals surface area contributed by atoms with Crippen LogP contribution in [0.4, 0.5) is 0 Å². The number of aromatic nitrogens is 1. The summed E-state index contributed by atoms with van der Waals surface area (Å²) < 4.78 is 30.0. The molecule has 3 aromatic rings. The summed E-state index contributed by atoms with van der Waals surface area (Å²) in [5.74, 6) is 0.660. The fourth-order valence-electron chi connectivity index (χ4n) is 4.69. The van der Waals surface area contributed by atoms with Crippen molar-refractivity contribution in [2.75, 3.05) is 27.9 Å². The zero-order valence-electron chi connectivity index (χ0n) is 24.1. The molecule has 0 N–H and O–H groups in total. The summed E-state index contributed by atoms with van der Waals surface area (Å²) in [6.45, 7) is 5.21. The highest BCUT2D eigenvalue weighted by molar-refractivity contribution is 14.1.